The fourth-order valence-corrected chi connectivity index (χ4v) is 8.45. The Balaban J connectivity index is 1.35. The maximum absolute atomic E-state index is 14.1. The number of piperazine rings is 1. The number of aryl methyl sites for hydroxylation is 1. The zero-order chi connectivity index (χ0) is 32.2. The molecule has 4 aliphatic rings. The molecular weight excluding hydrogens is 581 g/mol. The molecule has 2 atom stereocenters. The number of likely N-dealkylation sites (N-methyl/N-ethyl adjacent to an activating group) is 1. The van der Waals surface area contributed by atoms with E-state index in [0.717, 1.165) is 56.3 Å². The largest absolute Gasteiger partial charge is 0.359 e. The van der Waals surface area contributed by atoms with E-state index in [2.05, 4.69) is 77.7 Å². The highest BCUT2D eigenvalue weighted by molar-refractivity contribution is 5.97. The number of nitrogens with zero attached hydrogens (tertiary/aromatic N) is 7. The Kier molecular flexibility index (Phi) is 7.84. The summed E-state index contributed by atoms with van der Waals surface area (Å²) in [7, 11) is 2.13. The smallest absolute Gasteiger partial charge is 0.349 e. The summed E-state index contributed by atoms with van der Waals surface area (Å²) in [5, 5.41) is 12.1. The molecule has 4 heterocycles. The van der Waals surface area contributed by atoms with E-state index in [9.17, 15) is 19.2 Å². The Morgan fingerprint density at radius 3 is 2.59 bits per heavy atom. The van der Waals surface area contributed by atoms with Crippen LogP contribution in [-0.2, 0) is 24.3 Å². The summed E-state index contributed by atoms with van der Waals surface area (Å²) in [4.78, 5) is 39.9. The van der Waals surface area contributed by atoms with Crippen molar-refractivity contribution in [2.24, 2.45) is 0 Å². The number of hydrogen-bond acceptors (Lipinski definition) is 7. The second-order valence-electron chi connectivity index (χ2n) is 13.7. The number of likely N-dealkylation sites (tertiary alicyclic amines) is 1. The number of anilines is 2. The summed E-state index contributed by atoms with van der Waals surface area (Å²) in [6, 6.07) is 14.9. The molecule has 3 aliphatic heterocycles. The Bertz CT molecular complexity index is 1800. The molecule has 0 N–H and O–H groups in total. The molecule has 46 heavy (non-hydrogen) atoms. The van der Waals surface area contributed by atoms with Crippen molar-refractivity contribution in [2.45, 2.75) is 82.6 Å². The van der Waals surface area contributed by atoms with E-state index in [4.69, 9.17) is 4.98 Å². The van der Waals surface area contributed by atoms with E-state index in [1.54, 1.807) is 0 Å². The lowest BCUT2D eigenvalue weighted by molar-refractivity contribution is -0.131. The van der Waals surface area contributed by atoms with Crippen molar-refractivity contribution in [3.8, 4) is 6.07 Å². The van der Waals surface area contributed by atoms with Crippen LogP contribution in [0.2, 0.25) is 0 Å². The molecule has 2 aromatic carbocycles. The summed E-state index contributed by atoms with van der Waals surface area (Å²) in [6.45, 7) is 8.52. The number of halogens is 1. The molecule has 240 valence electrons. The summed E-state index contributed by atoms with van der Waals surface area (Å²) >= 11 is 0. The van der Waals surface area contributed by atoms with Gasteiger partial charge in [-0.3, -0.25) is 9.36 Å². The fraction of sp³-hybridized carbons (Fsp3) is 0.500. The number of benzene rings is 2. The maximum Gasteiger partial charge on any atom is 0.349 e. The number of aromatic nitrogens is 2. The molecule has 1 spiro atoms. The Labute approximate surface area is 269 Å². The first kappa shape index (κ1) is 30.4. The summed E-state index contributed by atoms with van der Waals surface area (Å²) in [6.07, 6.45) is 6.22. The molecule has 0 radical (unpaired) electrons. The Morgan fingerprint density at radius 2 is 1.91 bits per heavy atom. The predicted octanol–water partition coefficient (Wildman–Crippen LogP) is 4.70. The van der Waals surface area contributed by atoms with Gasteiger partial charge in [0.2, 0.25) is 0 Å². The molecule has 1 saturated carbocycles. The Morgan fingerprint density at radius 1 is 1.13 bits per heavy atom. The summed E-state index contributed by atoms with van der Waals surface area (Å²) in [5.74, 6) is -1.15. The highest BCUT2D eigenvalue weighted by atomic mass is 19.1. The van der Waals surface area contributed by atoms with E-state index in [-0.39, 0.29) is 30.2 Å². The molecule has 3 aromatic rings. The van der Waals surface area contributed by atoms with Gasteiger partial charge in [0.15, 0.2) is 5.83 Å². The standard InChI is InChI=1S/C36H42FN7O2/c1-24-8-4-9-26-10-5-12-30(32(24)26)44-23-31-29(20-36(44)14-7-15-36)33(39-35(46)43(31)22-27-11-6-17-40(27)3)41-18-19-42(34(45)25(2)37)28(21-41)13-16-38/h4-5,8-10,12,27-28H,2,6-7,11,13-15,17-23H2,1,3H3/t27-,28-/m0/s1. The molecule has 1 aromatic heterocycles. The van der Waals surface area contributed by atoms with Crippen molar-refractivity contribution in [1.82, 2.24) is 19.4 Å². The topological polar surface area (TPSA) is 88.7 Å². The quantitative estimate of drug-likeness (QED) is 0.368. The van der Waals surface area contributed by atoms with Crippen molar-refractivity contribution in [1.29, 1.82) is 5.26 Å². The lowest BCUT2D eigenvalue weighted by Crippen LogP contribution is -2.60. The molecule has 2 saturated heterocycles. The molecule has 10 heteroatoms. The van der Waals surface area contributed by atoms with E-state index < -0.39 is 17.8 Å². The number of carbonyl (C=O) groups is 1. The third kappa shape index (κ3) is 5.05. The van der Waals surface area contributed by atoms with Gasteiger partial charge in [-0.25, -0.2) is 9.18 Å². The van der Waals surface area contributed by atoms with E-state index in [1.807, 2.05) is 4.57 Å². The molecule has 1 amide bonds. The number of fused-ring (bicyclic) bond motifs is 2. The van der Waals surface area contributed by atoms with Crippen LogP contribution in [0.1, 0.15) is 55.3 Å². The second-order valence-corrected chi connectivity index (χ2v) is 13.7. The number of nitriles is 1. The zero-order valence-corrected chi connectivity index (χ0v) is 26.8. The SMILES string of the molecule is C=C(F)C(=O)N1CCN(c2nc(=O)n(C[C@@H]3CCCN3C)c3c2CC2(CCC2)N(c2cccc4cccc(C)c24)C3)C[C@@H]1CC#N. The van der Waals surface area contributed by atoms with Crippen LogP contribution in [-0.4, -0.2) is 76.1 Å². The van der Waals surface area contributed by atoms with Crippen molar-refractivity contribution in [3.05, 3.63) is 76.1 Å². The molecular formula is C36H42FN7O2. The summed E-state index contributed by atoms with van der Waals surface area (Å²) in [5.41, 5.74) is 4.19. The molecule has 3 fully saturated rings. The van der Waals surface area contributed by atoms with Crippen LogP contribution in [0.4, 0.5) is 15.9 Å². The monoisotopic (exact) mass is 623 g/mol. The van der Waals surface area contributed by atoms with Gasteiger partial charge in [0, 0.05) is 66.5 Å². The van der Waals surface area contributed by atoms with Crippen molar-refractivity contribution in [3.63, 3.8) is 0 Å². The molecule has 9 nitrogen and oxygen atoms in total. The third-order valence-electron chi connectivity index (χ3n) is 11.1. The molecule has 7 rings (SSSR count). The van der Waals surface area contributed by atoms with Crippen molar-refractivity contribution < 1.29 is 9.18 Å². The lowest BCUT2D eigenvalue weighted by Gasteiger charge is -2.55. The number of rotatable bonds is 6. The first-order valence-electron chi connectivity index (χ1n) is 16.6. The van der Waals surface area contributed by atoms with Crippen LogP contribution in [0.5, 0.6) is 0 Å². The molecule has 1 aliphatic carbocycles. The average molecular weight is 624 g/mol. The van der Waals surface area contributed by atoms with Crippen molar-refractivity contribution >= 4 is 28.2 Å². The minimum Gasteiger partial charge on any atom is -0.359 e. The first-order chi connectivity index (χ1) is 22.2. The zero-order valence-electron chi connectivity index (χ0n) is 26.8. The van der Waals surface area contributed by atoms with E-state index in [0.29, 0.717) is 32.0 Å². The van der Waals surface area contributed by atoms with Crippen molar-refractivity contribution in [2.75, 3.05) is 43.0 Å². The van der Waals surface area contributed by atoms with Crippen LogP contribution in [0.15, 0.2) is 53.6 Å². The normalized spacial score (nSPS) is 22.5. The highest BCUT2D eigenvalue weighted by Gasteiger charge is 2.48. The minimum atomic E-state index is -1.03. The highest BCUT2D eigenvalue weighted by Crippen LogP contribution is 2.50. The van der Waals surface area contributed by atoms with Gasteiger partial charge >= 0.3 is 5.69 Å². The second kappa shape index (κ2) is 11.8. The third-order valence-corrected chi connectivity index (χ3v) is 11.1. The van der Waals surface area contributed by atoms with Gasteiger partial charge in [-0.15, -0.1) is 0 Å². The number of amides is 1. The van der Waals surface area contributed by atoms with Crippen LogP contribution >= 0.6 is 0 Å². The molecule has 0 unspecified atom stereocenters. The van der Waals surface area contributed by atoms with Gasteiger partial charge in [-0.05, 0) is 69.6 Å². The minimum absolute atomic E-state index is 0.0565. The first-order valence-corrected chi connectivity index (χ1v) is 16.6. The number of hydrogen-bond donors (Lipinski definition) is 0. The van der Waals surface area contributed by atoms with Gasteiger partial charge in [0.1, 0.15) is 5.82 Å². The van der Waals surface area contributed by atoms with Crippen LogP contribution in [0.25, 0.3) is 10.8 Å². The van der Waals surface area contributed by atoms with Gasteiger partial charge in [0.05, 0.1) is 25.1 Å². The summed E-state index contributed by atoms with van der Waals surface area (Å²) < 4.78 is 15.8. The molecule has 0 bridgehead atoms. The van der Waals surface area contributed by atoms with Gasteiger partial charge < -0.3 is 19.6 Å². The number of carbonyl (C=O) groups excluding carboxylic acids is 1. The Hall–Kier alpha value is -4.23. The van der Waals surface area contributed by atoms with Gasteiger partial charge in [0.25, 0.3) is 5.91 Å². The van der Waals surface area contributed by atoms with E-state index >= 15 is 0 Å². The van der Waals surface area contributed by atoms with Crippen LogP contribution in [0, 0.1) is 18.3 Å². The lowest BCUT2D eigenvalue weighted by atomic mass is 9.68. The van der Waals surface area contributed by atoms with Gasteiger partial charge in [-0.2, -0.15) is 10.2 Å². The average Bonchev–Trinajstić information content (AvgIpc) is 3.44. The van der Waals surface area contributed by atoms with Gasteiger partial charge in [-0.1, -0.05) is 36.9 Å². The fourth-order valence-electron chi connectivity index (χ4n) is 8.45. The predicted molar refractivity (Wildman–Crippen MR) is 177 cm³/mol. The van der Waals surface area contributed by atoms with E-state index in [1.165, 1.54) is 26.9 Å². The van der Waals surface area contributed by atoms with Crippen LogP contribution < -0.4 is 15.5 Å². The van der Waals surface area contributed by atoms with Crippen LogP contribution in [0.3, 0.4) is 0 Å². The maximum atomic E-state index is 14.1.